The lowest BCUT2D eigenvalue weighted by Crippen LogP contribution is -2.35. The maximum atomic E-state index is 12.9. The maximum Gasteiger partial charge on any atom is 0.254 e. The number of amides is 2. The van der Waals surface area contributed by atoms with E-state index in [1.807, 2.05) is 54.6 Å². The second-order valence-electron chi connectivity index (χ2n) is 6.68. The van der Waals surface area contributed by atoms with E-state index < -0.39 is 0 Å². The molecule has 1 aliphatic heterocycles. The average molecular weight is 392 g/mol. The molecule has 0 N–H and O–H groups in total. The largest absolute Gasteiger partial charge is 0.467 e. The zero-order chi connectivity index (χ0) is 19.5. The Morgan fingerprint density at radius 3 is 2.71 bits per heavy atom. The molecule has 2 heterocycles. The summed E-state index contributed by atoms with van der Waals surface area (Å²) in [5.41, 5.74) is 2.41. The molecule has 28 heavy (non-hydrogen) atoms. The molecular formula is C22H20N2O3S. The number of carbonyl (C=O) groups excluding carboxylic acids is 2. The van der Waals surface area contributed by atoms with Crippen LogP contribution < -0.4 is 4.90 Å². The highest BCUT2D eigenvalue weighted by Gasteiger charge is 2.26. The van der Waals surface area contributed by atoms with Crippen molar-refractivity contribution in [2.45, 2.75) is 18.0 Å². The molecule has 142 valence electrons. The van der Waals surface area contributed by atoms with Crippen LogP contribution in [0.5, 0.6) is 0 Å². The number of furan rings is 1. The summed E-state index contributed by atoms with van der Waals surface area (Å²) in [5, 5.41) is 0. The molecule has 0 atom stereocenters. The van der Waals surface area contributed by atoms with Gasteiger partial charge in [0.1, 0.15) is 5.76 Å². The minimum atomic E-state index is -0.109. The lowest BCUT2D eigenvalue weighted by molar-refractivity contribution is -0.116. The standard InChI is InChI=1S/C22H20N2O3S/c1-23(14-18-8-5-11-27-18)22(26)17-9-10-20-19(12-17)24(21(25)15-28-20)13-16-6-3-2-4-7-16/h2-12H,13-15H2,1H3. The molecule has 0 spiro atoms. The molecule has 0 bridgehead atoms. The Hall–Kier alpha value is -2.99. The van der Waals surface area contributed by atoms with Crippen LogP contribution in [0.2, 0.25) is 0 Å². The second kappa shape index (κ2) is 7.94. The van der Waals surface area contributed by atoms with Gasteiger partial charge in [-0.1, -0.05) is 30.3 Å². The highest BCUT2D eigenvalue weighted by molar-refractivity contribution is 8.00. The van der Waals surface area contributed by atoms with Crippen LogP contribution in [0.15, 0.2) is 76.2 Å². The van der Waals surface area contributed by atoms with Gasteiger partial charge in [-0.15, -0.1) is 11.8 Å². The van der Waals surface area contributed by atoms with E-state index in [1.165, 1.54) is 11.8 Å². The van der Waals surface area contributed by atoms with Crippen molar-refractivity contribution >= 4 is 29.3 Å². The molecule has 1 aromatic heterocycles. The van der Waals surface area contributed by atoms with Crippen molar-refractivity contribution in [1.82, 2.24) is 4.90 Å². The van der Waals surface area contributed by atoms with Gasteiger partial charge in [0.05, 0.1) is 30.8 Å². The Labute approximate surface area is 167 Å². The lowest BCUT2D eigenvalue weighted by Gasteiger charge is -2.30. The molecule has 4 rings (SSSR count). The highest BCUT2D eigenvalue weighted by Crippen LogP contribution is 2.37. The number of fused-ring (bicyclic) bond motifs is 1. The molecule has 5 nitrogen and oxygen atoms in total. The number of hydrogen-bond donors (Lipinski definition) is 0. The second-order valence-corrected chi connectivity index (χ2v) is 7.69. The van der Waals surface area contributed by atoms with Crippen molar-refractivity contribution in [3.05, 3.63) is 83.8 Å². The summed E-state index contributed by atoms with van der Waals surface area (Å²) in [5.74, 6) is 1.08. The van der Waals surface area contributed by atoms with Crippen LogP contribution >= 0.6 is 11.8 Å². The molecule has 2 aromatic carbocycles. The Kier molecular flexibility index (Phi) is 5.21. The number of nitrogens with zero attached hydrogens (tertiary/aromatic N) is 2. The summed E-state index contributed by atoms with van der Waals surface area (Å²) in [6.07, 6.45) is 1.59. The topological polar surface area (TPSA) is 53.8 Å². The molecule has 6 heteroatoms. The van der Waals surface area contributed by atoms with E-state index in [9.17, 15) is 9.59 Å². The molecule has 1 aliphatic rings. The zero-order valence-electron chi connectivity index (χ0n) is 15.5. The number of anilines is 1. The van der Waals surface area contributed by atoms with E-state index in [-0.39, 0.29) is 11.8 Å². The van der Waals surface area contributed by atoms with Gasteiger partial charge in [0.2, 0.25) is 5.91 Å². The van der Waals surface area contributed by atoms with E-state index in [1.54, 1.807) is 29.2 Å². The van der Waals surface area contributed by atoms with Crippen LogP contribution in [0.4, 0.5) is 5.69 Å². The minimum Gasteiger partial charge on any atom is -0.467 e. The monoisotopic (exact) mass is 392 g/mol. The van der Waals surface area contributed by atoms with E-state index in [4.69, 9.17) is 4.42 Å². The van der Waals surface area contributed by atoms with E-state index in [2.05, 4.69) is 0 Å². The fourth-order valence-corrected chi connectivity index (χ4v) is 4.12. The van der Waals surface area contributed by atoms with Gasteiger partial charge in [-0.05, 0) is 35.9 Å². The van der Waals surface area contributed by atoms with Gasteiger partial charge < -0.3 is 14.2 Å². The fraction of sp³-hybridized carbons (Fsp3) is 0.182. The first-order valence-electron chi connectivity index (χ1n) is 9.01. The first-order chi connectivity index (χ1) is 13.6. The normalized spacial score (nSPS) is 13.3. The predicted octanol–water partition coefficient (Wildman–Crippen LogP) is 4.19. The molecule has 0 radical (unpaired) electrons. The fourth-order valence-electron chi connectivity index (χ4n) is 3.20. The van der Waals surface area contributed by atoms with Crippen LogP contribution in [0, 0.1) is 0 Å². The smallest absolute Gasteiger partial charge is 0.254 e. The van der Waals surface area contributed by atoms with Gasteiger partial charge in [-0.25, -0.2) is 0 Å². The molecule has 0 saturated carbocycles. The summed E-state index contributed by atoms with van der Waals surface area (Å²) in [6.45, 7) is 0.886. The third-order valence-electron chi connectivity index (χ3n) is 4.65. The van der Waals surface area contributed by atoms with Crippen molar-refractivity contribution < 1.29 is 14.0 Å². The number of thioether (sulfide) groups is 1. The SMILES string of the molecule is CN(Cc1ccco1)C(=O)c1ccc2c(c1)N(Cc1ccccc1)C(=O)CS2. The van der Waals surface area contributed by atoms with Crippen molar-refractivity contribution in [1.29, 1.82) is 0 Å². The Morgan fingerprint density at radius 1 is 1.14 bits per heavy atom. The number of carbonyl (C=O) groups is 2. The predicted molar refractivity (Wildman–Crippen MR) is 109 cm³/mol. The van der Waals surface area contributed by atoms with Crippen molar-refractivity contribution in [2.75, 3.05) is 17.7 Å². The summed E-state index contributed by atoms with van der Waals surface area (Å²) < 4.78 is 5.33. The third kappa shape index (κ3) is 3.82. The quantitative estimate of drug-likeness (QED) is 0.653. The molecule has 0 saturated heterocycles. The molecular weight excluding hydrogens is 372 g/mol. The van der Waals surface area contributed by atoms with E-state index in [0.717, 1.165) is 21.9 Å². The van der Waals surface area contributed by atoms with Crippen LogP contribution in [0.25, 0.3) is 0 Å². The summed E-state index contributed by atoms with van der Waals surface area (Å²) in [6, 6.07) is 19.1. The van der Waals surface area contributed by atoms with Gasteiger partial charge in [0, 0.05) is 17.5 Å². The molecule has 3 aromatic rings. The molecule has 0 unspecified atom stereocenters. The van der Waals surface area contributed by atoms with Crippen molar-refractivity contribution in [3.63, 3.8) is 0 Å². The van der Waals surface area contributed by atoms with Gasteiger partial charge in [-0.2, -0.15) is 0 Å². The first-order valence-corrected chi connectivity index (χ1v) is 9.99. The number of rotatable bonds is 5. The van der Waals surface area contributed by atoms with Gasteiger partial charge in [0.15, 0.2) is 0 Å². The molecule has 0 aliphatic carbocycles. The van der Waals surface area contributed by atoms with Gasteiger partial charge >= 0.3 is 0 Å². The zero-order valence-corrected chi connectivity index (χ0v) is 16.3. The Balaban J connectivity index is 1.60. The maximum absolute atomic E-state index is 12.9. The van der Waals surface area contributed by atoms with Gasteiger partial charge in [-0.3, -0.25) is 9.59 Å². The Bertz CT molecular complexity index is 986. The minimum absolute atomic E-state index is 0.0508. The van der Waals surface area contributed by atoms with E-state index >= 15 is 0 Å². The van der Waals surface area contributed by atoms with Crippen LogP contribution in [0.1, 0.15) is 21.7 Å². The first kappa shape index (κ1) is 18.4. The van der Waals surface area contributed by atoms with Gasteiger partial charge in [0.25, 0.3) is 5.91 Å². The van der Waals surface area contributed by atoms with Crippen molar-refractivity contribution in [2.24, 2.45) is 0 Å². The van der Waals surface area contributed by atoms with Crippen LogP contribution in [-0.2, 0) is 17.9 Å². The number of benzene rings is 2. The third-order valence-corrected chi connectivity index (χ3v) is 5.70. The molecule has 2 amide bonds. The summed E-state index contributed by atoms with van der Waals surface area (Å²) >= 11 is 1.51. The van der Waals surface area contributed by atoms with Crippen LogP contribution in [0.3, 0.4) is 0 Å². The van der Waals surface area contributed by atoms with Crippen molar-refractivity contribution in [3.8, 4) is 0 Å². The Morgan fingerprint density at radius 2 is 1.96 bits per heavy atom. The summed E-state index contributed by atoms with van der Waals surface area (Å²) in [7, 11) is 1.74. The molecule has 0 fully saturated rings. The number of hydrogen-bond acceptors (Lipinski definition) is 4. The van der Waals surface area contributed by atoms with Crippen LogP contribution in [-0.4, -0.2) is 29.5 Å². The summed E-state index contributed by atoms with van der Waals surface area (Å²) in [4.78, 5) is 29.9. The lowest BCUT2D eigenvalue weighted by atomic mass is 10.1. The van der Waals surface area contributed by atoms with E-state index in [0.29, 0.717) is 24.4 Å². The highest BCUT2D eigenvalue weighted by atomic mass is 32.2. The average Bonchev–Trinajstić information content (AvgIpc) is 3.23.